The molecule has 2 atom stereocenters. The summed E-state index contributed by atoms with van der Waals surface area (Å²) >= 11 is 0. The van der Waals surface area contributed by atoms with E-state index < -0.39 is 17.6 Å². The second-order valence-corrected chi connectivity index (χ2v) is 9.52. The lowest BCUT2D eigenvalue weighted by molar-refractivity contribution is -0.145. The molecule has 2 saturated heterocycles. The zero-order chi connectivity index (χ0) is 24.7. The molecule has 188 valence electrons. The van der Waals surface area contributed by atoms with Gasteiger partial charge >= 0.3 is 5.97 Å². The molecule has 1 aromatic carbocycles. The Hall–Kier alpha value is -2.49. The lowest BCUT2D eigenvalue weighted by atomic mass is 9.75. The summed E-state index contributed by atoms with van der Waals surface area (Å²) in [5.74, 6) is -0.0745. The third-order valence-corrected chi connectivity index (χ3v) is 7.28. The lowest BCUT2D eigenvalue weighted by Crippen LogP contribution is -2.65. The number of amidine groups is 1. The van der Waals surface area contributed by atoms with Gasteiger partial charge < -0.3 is 26.2 Å². The van der Waals surface area contributed by atoms with E-state index in [0.29, 0.717) is 31.0 Å². The number of hydrogen-bond donors (Lipinski definition) is 3. The van der Waals surface area contributed by atoms with Crippen molar-refractivity contribution in [3.63, 3.8) is 0 Å². The number of piperidine rings is 2. The van der Waals surface area contributed by atoms with Crippen molar-refractivity contribution >= 4 is 17.6 Å². The number of carboxylic acid groups (broad SMARTS) is 1. The van der Waals surface area contributed by atoms with E-state index in [0.717, 1.165) is 50.9 Å². The minimum absolute atomic E-state index is 0.167. The van der Waals surface area contributed by atoms with Crippen molar-refractivity contribution in [3.8, 4) is 5.75 Å². The van der Waals surface area contributed by atoms with Crippen molar-refractivity contribution in [2.24, 2.45) is 16.5 Å². The highest BCUT2D eigenvalue weighted by molar-refractivity contribution is 5.97. The number of rotatable bonds is 10. The molecule has 9 nitrogen and oxygen atoms in total. The molecule has 2 heterocycles. The van der Waals surface area contributed by atoms with Gasteiger partial charge in [0.25, 0.3) is 0 Å². The van der Waals surface area contributed by atoms with E-state index in [1.807, 2.05) is 24.3 Å². The van der Waals surface area contributed by atoms with Gasteiger partial charge in [0.05, 0.1) is 24.6 Å². The summed E-state index contributed by atoms with van der Waals surface area (Å²) in [5.41, 5.74) is 12.0. The number of likely N-dealkylation sites (tertiary alicyclic amines) is 2. The Kier molecular flexibility index (Phi) is 9.04. The van der Waals surface area contributed by atoms with Gasteiger partial charge in [-0.2, -0.15) is 0 Å². The summed E-state index contributed by atoms with van der Waals surface area (Å²) < 4.78 is 6.04. The van der Waals surface area contributed by atoms with Gasteiger partial charge in [-0.15, -0.1) is 0 Å². The Morgan fingerprint density at radius 3 is 2.50 bits per heavy atom. The third kappa shape index (κ3) is 6.14. The number of Topliss-reactive ketones (excluding diaryl/α,β-unsaturated/α-hetero) is 1. The summed E-state index contributed by atoms with van der Waals surface area (Å²) in [6, 6.07) is 6.65. The van der Waals surface area contributed by atoms with Gasteiger partial charge in [-0.25, -0.2) is 0 Å². The van der Waals surface area contributed by atoms with E-state index in [-0.39, 0.29) is 18.2 Å². The average molecular weight is 474 g/mol. The smallest absolute Gasteiger partial charge is 0.305 e. The molecular formula is C25H39N5O4. The highest BCUT2D eigenvalue weighted by Crippen LogP contribution is 2.37. The maximum Gasteiger partial charge on any atom is 0.305 e. The molecule has 0 aromatic heterocycles. The van der Waals surface area contributed by atoms with E-state index >= 15 is 0 Å². The van der Waals surface area contributed by atoms with Crippen molar-refractivity contribution in [3.05, 3.63) is 29.8 Å². The molecule has 0 amide bonds. The molecule has 2 aliphatic heterocycles. The minimum atomic E-state index is -1.05. The van der Waals surface area contributed by atoms with Gasteiger partial charge in [0.15, 0.2) is 5.78 Å². The molecule has 0 unspecified atom stereocenters. The molecule has 0 radical (unpaired) electrons. The van der Waals surface area contributed by atoms with Crippen molar-refractivity contribution in [2.75, 3.05) is 40.3 Å². The first-order valence-electron chi connectivity index (χ1n) is 12.2. The first-order valence-corrected chi connectivity index (χ1v) is 12.2. The molecule has 0 spiro atoms. The number of benzene rings is 1. The van der Waals surface area contributed by atoms with Gasteiger partial charge in [-0.05, 0) is 83.1 Å². The first kappa shape index (κ1) is 26.1. The molecule has 2 aliphatic rings. The monoisotopic (exact) mass is 473 g/mol. The van der Waals surface area contributed by atoms with Gasteiger partial charge in [-0.1, -0.05) is 0 Å². The number of carbonyl (C=O) groups excluding carboxylic acids is 1. The topological polar surface area (TPSA) is 134 Å². The predicted molar refractivity (Wildman–Crippen MR) is 132 cm³/mol. The van der Waals surface area contributed by atoms with Crippen LogP contribution < -0.4 is 16.2 Å². The van der Waals surface area contributed by atoms with Crippen LogP contribution in [0.1, 0.15) is 50.5 Å². The second kappa shape index (κ2) is 11.8. The lowest BCUT2D eigenvalue weighted by Gasteiger charge is -2.52. The third-order valence-electron chi connectivity index (χ3n) is 7.28. The Morgan fingerprint density at radius 1 is 1.21 bits per heavy atom. The molecule has 0 aliphatic carbocycles. The molecule has 0 saturated carbocycles. The number of aliphatic carboxylic acids is 1. The zero-order valence-electron chi connectivity index (χ0n) is 20.4. The number of ketones is 1. The van der Waals surface area contributed by atoms with E-state index in [4.69, 9.17) is 16.2 Å². The molecule has 0 bridgehead atoms. The summed E-state index contributed by atoms with van der Waals surface area (Å²) in [6.07, 6.45) is 4.72. The highest BCUT2D eigenvalue weighted by Gasteiger charge is 2.49. The summed E-state index contributed by atoms with van der Waals surface area (Å²) in [4.78, 5) is 33.7. The van der Waals surface area contributed by atoms with Crippen LogP contribution in [0.5, 0.6) is 5.75 Å². The zero-order valence-corrected chi connectivity index (χ0v) is 20.4. The Labute approximate surface area is 202 Å². The van der Waals surface area contributed by atoms with Crippen LogP contribution in [0.4, 0.5) is 0 Å². The fourth-order valence-corrected chi connectivity index (χ4v) is 5.37. The number of hydrogen-bond acceptors (Lipinski definition) is 7. The van der Waals surface area contributed by atoms with E-state index in [1.54, 1.807) is 7.05 Å². The summed E-state index contributed by atoms with van der Waals surface area (Å²) in [6.45, 7) is 3.13. The fourth-order valence-electron chi connectivity index (χ4n) is 5.37. The number of aliphatic imine (C=N–C) groups is 1. The first-order chi connectivity index (χ1) is 16.3. The number of carbonyl (C=O) groups is 2. The van der Waals surface area contributed by atoms with Crippen LogP contribution in [-0.4, -0.2) is 90.5 Å². The van der Waals surface area contributed by atoms with Crippen LogP contribution in [0.2, 0.25) is 0 Å². The van der Waals surface area contributed by atoms with Crippen LogP contribution in [0.25, 0.3) is 0 Å². The van der Waals surface area contributed by atoms with Crippen molar-refractivity contribution in [2.45, 2.75) is 62.6 Å². The molecular weight excluding hydrogens is 434 g/mol. The Morgan fingerprint density at radius 2 is 1.88 bits per heavy atom. The predicted octanol–water partition coefficient (Wildman–Crippen LogP) is 1.48. The molecule has 2 fully saturated rings. The van der Waals surface area contributed by atoms with Crippen molar-refractivity contribution < 1.29 is 19.4 Å². The van der Waals surface area contributed by atoms with Crippen molar-refractivity contribution in [1.29, 1.82) is 0 Å². The average Bonchev–Trinajstić information content (AvgIpc) is 2.84. The molecule has 5 N–H and O–H groups in total. The maximum absolute atomic E-state index is 13.7. The van der Waals surface area contributed by atoms with Gasteiger partial charge in [0.2, 0.25) is 0 Å². The largest absolute Gasteiger partial charge is 0.494 e. The Bertz CT molecular complexity index is 867. The van der Waals surface area contributed by atoms with Crippen LogP contribution in [0.15, 0.2) is 29.3 Å². The second-order valence-electron chi connectivity index (χ2n) is 9.52. The molecule has 34 heavy (non-hydrogen) atoms. The minimum Gasteiger partial charge on any atom is -0.494 e. The van der Waals surface area contributed by atoms with Crippen LogP contribution in [0, 0.1) is 0 Å². The van der Waals surface area contributed by atoms with E-state index in [9.17, 15) is 14.7 Å². The molecule has 3 rings (SSSR count). The van der Waals surface area contributed by atoms with Gasteiger partial charge in [0.1, 0.15) is 11.6 Å². The normalized spacial score (nSPS) is 24.0. The number of nitrogens with zero attached hydrogens (tertiary/aromatic N) is 3. The van der Waals surface area contributed by atoms with E-state index in [2.05, 4.69) is 21.8 Å². The number of nitrogens with two attached hydrogens (primary N) is 2. The molecule has 9 heteroatoms. The number of carboxylic acids is 1. The summed E-state index contributed by atoms with van der Waals surface area (Å²) in [5, 5.41) is 9.27. The Balaban J connectivity index is 1.79. The highest BCUT2D eigenvalue weighted by atomic mass is 16.5. The van der Waals surface area contributed by atoms with Gasteiger partial charge in [-0.3, -0.25) is 19.5 Å². The quantitative estimate of drug-likeness (QED) is 0.344. The van der Waals surface area contributed by atoms with Crippen LogP contribution in [-0.2, 0) is 9.59 Å². The van der Waals surface area contributed by atoms with Crippen LogP contribution >= 0.6 is 0 Å². The summed E-state index contributed by atoms with van der Waals surface area (Å²) in [7, 11) is 3.76. The SMILES string of the molecule is CN=C(N)c1ccc(OCC[C@]2(C(=O)[C@H](N)CC(=O)O)CCCCN2C2CCN(C)CC2)cc1. The van der Waals surface area contributed by atoms with Gasteiger partial charge in [0, 0.05) is 25.1 Å². The van der Waals surface area contributed by atoms with E-state index in [1.165, 1.54) is 0 Å². The molecule has 1 aromatic rings. The number of ether oxygens (including phenoxy) is 1. The van der Waals surface area contributed by atoms with Crippen LogP contribution in [0.3, 0.4) is 0 Å². The fraction of sp³-hybridized carbons (Fsp3) is 0.640. The standard InChI is InChI=1S/C25H39N5O4/c1-28-24(27)18-5-7-20(8-6-18)34-16-12-25(23(33)21(26)17-22(31)32)11-3-4-13-30(25)19-9-14-29(2)15-10-19/h5-8,19,21H,3-4,9-17,26H2,1-2H3,(H2,27,28)(H,31,32)/t21-,25+/m1/s1. The maximum atomic E-state index is 13.7. The van der Waals surface area contributed by atoms with Crippen molar-refractivity contribution in [1.82, 2.24) is 9.80 Å².